The summed E-state index contributed by atoms with van der Waals surface area (Å²) in [4.78, 5) is 36.5. The van der Waals surface area contributed by atoms with Gasteiger partial charge in [0.15, 0.2) is 6.61 Å². The number of nitrogens with one attached hydrogen (secondary N) is 3. The number of ether oxygens (including phenoxy) is 1. The number of benzene rings is 3. The number of hydrogen-bond acceptors (Lipinski definition) is 5. The molecular formula is C26H26IN3O4. The van der Waals surface area contributed by atoms with Gasteiger partial charge in [-0.1, -0.05) is 42.5 Å². The SMILES string of the molecule is O=C[C@H](CNCCc1ccccc1)NC(=O)c1ccccc1OCC(=O)Nc1ccc(I)cc1. The summed E-state index contributed by atoms with van der Waals surface area (Å²) < 4.78 is 6.66. The van der Waals surface area contributed by atoms with Crippen LogP contribution in [0.5, 0.6) is 5.75 Å². The highest BCUT2D eigenvalue weighted by atomic mass is 127. The maximum atomic E-state index is 12.8. The van der Waals surface area contributed by atoms with Crippen LogP contribution in [0.3, 0.4) is 0 Å². The molecule has 7 nitrogen and oxygen atoms in total. The number of rotatable bonds is 12. The minimum atomic E-state index is -0.694. The first kappa shape index (κ1) is 25.4. The Kier molecular flexibility index (Phi) is 10.1. The monoisotopic (exact) mass is 571 g/mol. The zero-order valence-corrected chi connectivity index (χ0v) is 20.7. The molecule has 0 saturated heterocycles. The molecule has 3 aromatic rings. The predicted octanol–water partition coefficient (Wildman–Crippen LogP) is 3.44. The maximum Gasteiger partial charge on any atom is 0.262 e. The fraction of sp³-hybridized carbons (Fsp3) is 0.192. The van der Waals surface area contributed by atoms with Crippen molar-refractivity contribution in [1.29, 1.82) is 0 Å². The molecule has 0 heterocycles. The number of amides is 2. The largest absolute Gasteiger partial charge is 0.483 e. The topological polar surface area (TPSA) is 96.5 Å². The first-order valence-electron chi connectivity index (χ1n) is 10.8. The molecule has 0 aliphatic rings. The van der Waals surface area contributed by atoms with Gasteiger partial charge in [0.1, 0.15) is 12.0 Å². The molecule has 3 N–H and O–H groups in total. The summed E-state index contributed by atoms with van der Waals surface area (Å²) in [7, 11) is 0. The third-order valence-corrected chi connectivity index (χ3v) is 5.62. The van der Waals surface area contributed by atoms with Crippen LogP contribution in [-0.2, 0) is 16.0 Å². The molecule has 3 rings (SSSR count). The van der Waals surface area contributed by atoms with E-state index >= 15 is 0 Å². The molecule has 34 heavy (non-hydrogen) atoms. The van der Waals surface area contributed by atoms with Gasteiger partial charge in [-0.25, -0.2) is 0 Å². The summed E-state index contributed by atoms with van der Waals surface area (Å²) in [5.41, 5.74) is 2.10. The molecule has 0 fully saturated rings. The highest BCUT2D eigenvalue weighted by Crippen LogP contribution is 2.18. The molecule has 176 valence electrons. The lowest BCUT2D eigenvalue weighted by Gasteiger charge is -2.16. The van der Waals surface area contributed by atoms with Gasteiger partial charge in [0.25, 0.3) is 11.8 Å². The minimum Gasteiger partial charge on any atom is -0.483 e. The van der Waals surface area contributed by atoms with Crippen LogP contribution in [0.15, 0.2) is 78.9 Å². The lowest BCUT2D eigenvalue weighted by atomic mass is 10.1. The Bertz CT molecular complexity index is 1090. The summed E-state index contributed by atoms with van der Waals surface area (Å²) in [5.74, 6) is -0.528. The summed E-state index contributed by atoms with van der Waals surface area (Å²) in [5, 5.41) is 8.64. The number of carbonyl (C=O) groups excluding carboxylic acids is 3. The lowest BCUT2D eigenvalue weighted by molar-refractivity contribution is -0.118. The van der Waals surface area contributed by atoms with Gasteiger partial charge in [0.05, 0.1) is 11.6 Å². The van der Waals surface area contributed by atoms with Crippen LogP contribution in [-0.4, -0.2) is 43.8 Å². The summed E-state index contributed by atoms with van der Waals surface area (Å²) in [6.07, 6.45) is 1.52. The van der Waals surface area contributed by atoms with Crippen molar-refractivity contribution >= 4 is 46.4 Å². The van der Waals surface area contributed by atoms with Crippen LogP contribution in [0.1, 0.15) is 15.9 Å². The molecule has 1 atom stereocenters. The van der Waals surface area contributed by atoms with Gasteiger partial charge in [-0.05, 0) is 77.5 Å². The third kappa shape index (κ3) is 8.27. The fourth-order valence-corrected chi connectivity index (χ4v) is 3.53. The number of anilines is 1. The molecule has 0 spiro atoms. The number of aldehydes is 1. The highest BCUT2D eigenvalue weighted by molar-refractivity contribution is 14.1. The quantitative estimate of drug-likeness (QED) is 0.176. The van der Waals surface area contributed by atoms with Crippen molar-refractivity contribution in [2.45, 2.75) is 12.5 Å². The van der Waals surface area contributed by atoms with Gasteiger partial charge < -0.3 is 25.5 Å². The van der Waals surface area contributed by atoms with E-state index in [9.17, 15) is 14.4 Å². The van der Waals surface area contributed by atoms with Gasteiger partial charge >= 0.3 is 0 Å². The Morgan fingerprint density at radius 3 is 2.38 bits per heavy atom. The van der Waals surface area contributed by atoms with E-state index in [-0.39, 0.29) is 23.8 Å². The van der Waals surface area contributed by atoms with Crippen molar-refractivity contribution in [3.8, 4) is 5.75 Å². The van der Waals surface area contributed by atoms with Gasteiger partial charge in [0.2, 0.25) is 0 Å². The Morgan fingerprint density at radius 1 is 0.941 bits per heavy atom. The molecule has 0 radical (unpaired) electrons. The second-order valence-electron chi connectivity index (χ2n) is 7.50. The van der Waals surface area contributed by atoms with E-state index in [2.05, 4.69) is 38.5 Å². The van der Waals surface area contributed by atoms with E-state index in [4.69, 9.17) is 4.74 Å². The standard InChI is InChI=1S/C26H26IN3O4/c27-20-10-12-21(13-11-20)29-25(32)18-34-24-9-5-4-8-23(24)26(33)30-22(17-31)16-28-15-14-19-6-2-1-3-7-19/h1-13,17,22,28H,14-16,18H2,(H,29,32)(H,30,33)/t22-/m0/s1. The average molecular weight is 571 g/mol. The Hall–Kier alpha value is -3.24. The molecule has 0 saturated carbocycles. The summed E-state index contributed by atoms with van der Waals surface area (Å²) >= 11 is 2.19. The van der Waals surface area contributed by atoms with Crippen molar-refractivity contribution in [3.05, 3.63) is 93.6 Å². The van der Waals surface area contributed by atoms with E-state index in [1.54, 1.807) is 36.4 Å². The van der Waals surface area contributed by atoms with E-state index in [0.717, 1.165) is 9.99 Å². The molecule has 2 amide bonds. The van der Waals surface area contributed by atoms with Gasteiger partial charge in [0, 0.05) is 15.8 Å². The van der Waals surface area contributed by atoms with Gasteiger partial charge in [-0.15, -0.1) is 0 Å². The zero-order chi connectivity index (χ0) is 24.2. The van der Waals surface area contributed by atoms with Crippen LogP contribution >= 0.6 is 22.6 Å². The molecule has 8 heteroatoms. The number of halogens is 1. The number of carbonyl (C=O) groups is 3. The first-order valence-corrected chi connectivity index (χ1v) is 11.9. The van der Waals surface area contributed by atoms with Crippen LogP contribution < -0.4 is 20.7 Å². The van der Waals surface area contributed by atoms with Crippen LogP contribution in [0, 0.1) is 3.57 Å². The number of para-hydroxylation sites is 1. The minimum absolute atomic E-state index is 0.251. The van der Waals surface area contributed by atoms with Crippen molar-refractivity contribution < 1.29 is 19.1 Å². The van der Waals surface area contributed by atoms with Crippen molar-refractivity contribution in [1.82, 2.24) is 10.6 Å². The molecule has 3 aromatic carbocycles. The second kappa shape index (κ2) is 13.5. The van der Waals surface area contributed by atoms with Crippen molar-refractivity contribution in [3.63, 3.8) is 0 Å². The fourth-order valence-electron chi connectivity index (χ4n) is 3.17. The summed E-state index contributed by atoms with van der Waals surface area (Å²) in [6.45, 7) is 0.734. The van der Waals surface area contributed by atoms with Crippen LogP contribution in [0.25, 0.3) is 0 Å². The van der Waals surface area contributed by atoms with E-state index in [1.165, 1.54) is 5.56 Å². The van der Waals surface area contributed by atoms with E-state index in [1.807, 2.05) is 42.5 Å². The van der Waals surface area contributed by atoms with Crippen molar-refractivity contribution in [2.75, 3.05) is 25.0 Å². The lowest BCUT2D eigenvalue weighted by Crippen LogP contribution is -2.43. The Labute approximate surface area is 212 Å². The molecule has 0 aromatic heterocycles. The second-order valence-corrected chi connectivity index (χ2v) is 8.74. The third-order valence-electron chi connectivity index (χ3n) is 4.90. The van der Waals surface area contributed by atoms with Gasteiger partial charge in [-0.3, -0.25) is 9.59 Å². The predicted molar refractivity (Wildman–Crippen MR) is 140 cm³/mol. The summed E-state index contributed by atoms with van der Waals surface area (Å²) in [6, 6.07) is 23.3. The number of hydrogen-bond donors (Lipinski definition) is 3. The zero-order valence-electron chi connectivity index (χ0n) is 18.5. The Balaban J connectivity index is 1.49. The van der Waals surface area contributed by atoms with Crippen LogP contribution in [0.4, 0.5) is 5.69 Å². The maximum absolute atomic E-state index is 12.8. The molecule has 0 bridgehead atoms. The average Bonchev–Trinajstić information content (AvgIpc) is 2.86. The van der Waals surface area contributed by atoms with E-state index in [0.29, 0.717) is 25.1 Å². The molecule has 0 aliphatic heterocycles. The van der Waals surface area contributed by atoms with Crippen LogP contribution in [0.2, 0.25) is 0 Å². The molecule has 0 aliphatic carbocycles. The first-order chi connectivity index (χ1) is 16.5. The van der Waals surface area contributed by atoms with Crippen molar-refractivity contribution in [2.24, 2.45) is 0 Å². The Morgan fingerprint density at radius 2 is 1.65 bits per heavy atom. The van der Waals surface area contributed by atoms with Gasteiger partial charge in [-0.2, -0.15) is 0 Å². The van der Waals surface area contributed by atoms with E-state index < -0.39 is 11.9 Å². The smallest absolute Gasteiger partial charge is 0.262 e. The molecule has 0 unspecified atom stereocenters. The normalized spacial score (nSPS) is 11.3. The molecular weight excluding hydrogens is 545 g/mol. The highest BCUT2D eigenvalue weighted by Gasteiger charge is 2.17.